The topological polar surface area (TPSA) is 50.5 Å². The van der Waals surface area contributed by atoms with Gasteiger partial charge in [-0.15, -0.1) is 5.11 Å². The predicted molar refractivity (Wildman–Crippen MR) is 78.5 cm³/mol. The van der Waals surface area contributed by atoms with Crippen LogP contribution in [0.5, 0.6) is 0 Å². The van der Waals surface area contributed by atoms with Crippen molar-refractivity contribution >= 4 is 51.5 Å². The molecule has 0 aliphatic carbocycles. The van der Waals surface area contributed by atoms with Crippen molar-refractivity contribution in [3.63, 3.8) is 0 Å². The fraction of sp³-hybridized carbons (Fsp3) is 0.273. The van der Waals surface area contributed by atoms with Gasteiger partial charge in [-0.3, -0.25) is 0 Å². The van der Waals surface area contributed by atoms with Crippen molar-refractivity contribution in [2.24, 2.45) is 10.2 Å². The van der Waals surface area contributed by atoms with Gasteiger partial charge in [0, 0.05) is 11.5 Å². The first-order valence-corrected chi connectivity index (χ1v) is 7.24. The zero-order chi connectivity index (χ0) is 13.9. The first-order valence-electron chi connectivity index (χ1n) is 5.33. The quantitative estimate of drug-likeness (QED) is 0.571. The molecule has 2 rings (SSSR count). The maximum absolute atomic E-state index is 5.67. The molecule has 100 valence electrons. The number of nitrogens with zero attached hydrogens (tertiary/aromatic N) is 4. The summed E-state index contributed by atoms with van der Waals surface area (Å²) in [5, 5.41) is 8.54. The van der Waals surface area contributed by atoms with Crippen LogP contribution in [0, 0.1) is 0 Å². The van der Waals surface area contributed by atoms with Gasteiger partial charge in [-0.25, -0.2) is 0 Å². The van der Waals surface area contributed by atoms with E-state index in [0.29, 0.717) is 5.13 Å². The summed E-state index contributed by atoms with van der Waals surface area (Å²) >= 11 is 18.1. The van der Waals surface area contributed by atoms with Crippen molar-refractivity contribution in [3.05, 3.63) is 41.7 Å². The van der Waals surface area contributed by atoms with E-state index in [9.17, 15) is 0 Å². The Morgan fingerprint density at radius 2 is 1.89 bits per heavy atom. The van der Waals surface area contributed by atoms with E-state index < -0.39 is 3.79 Å². The van der Waals surface area contributed by atoms with Gasteiger partial charge in [0.1, 0.15) is 0 Å². The van der Waals surface area contributed by atoms with Gasteiger partial charge < -0.3 is 0 Å². The summed E-state index contributed by atoms with van der Waals surface area (Å²) in [6, 6.07) is 9.75. The number of hydrogen-bond donors (Lipinski definition) is 0. The minimum Gasteiger partial charge on any atom is -0.196 e. The van der Waals surface area contributed by atoms with Crippen LogP contribution < -0.4 is 0 Å². The maximum atomic E-state index is 5.67. The molecular weight excluding hydrogens is 327 g/mol. The maximum Gasteiger partial charge on any atom is 0.251 e. The van der Waals surface area contributed by atoms with Crippen LogP contribution in [0.4, 0.5) is 5.13 Å². The van der Waals surface area contributed by atoms with E-state index in [4.69, 9.17) is 34.8 Å². The number of alkyl halides is 3. The number of benzene rings is 1. The lowest BCUT2D eigenvalue weighted by Gasteiger charge is -2.03. The molecule has 0 aliphatic heterocycles. The molecule has 0 aliphatic rings. The standard InChI is InChI=1S/C11H9Cl3N4S/c1-7(8-5-3-2-4-6-8)16-17-10-15-9(18-19-10)11(12,13)14/h2-7H,1H3. The van der Waals surface area contributed by atoms with Crippen LogP contribution in [-0.4, -0.2) is 9.36 Å². The van der Waals surface area contributed by atoms with E-state index in [2.05, 4.69) is 19.6 Å². The third-order valence-electron chi connectivity index (χ3n) is 2.27. The Labute approximate surface area is 129 Å². The molecule has 1 aromatic carbocycles. The fourth-order valence-corrected chi connectivity index (χ4v) is 2.27. The Hall–Kier alpha value is -0.750. The van der Waals surface area contributed by atoms with E-state index in [0.717, 1.165) is 17.1 Å². The molecule has 0 amide bonds. The normalized spacial score (nSPS) is 13.9. The van der Waals surface area contributed by atoms with E-state index in [1.54, 1.807) is 0 Å². The molecular formula is C11H9Cl3N4S. The summed E-state index contributed by atoms with van der Waals surface area (Å²) in [6.07, 6.45) is 0. The second kappa shape index (κ2) is 6.13. The van der Waals surface area contributed by atoms with Crippen molar-refractivity contribution in [1.29, 1.82) is 0 Å². The molecule has 1 unspecified atom stereocenters. The van der Waals surface area contributed by atoms with Crippen LogP contribution in [0.3, 0.4) is 0 Å². The number of azo groups is 1. The van der Waals surface area contributed by atoms with Gasteiger partial charge in [0.25, 0.3) is 3.79 Å². The molecule has 0 saturated heterocycles. The molecule has 0 radical (unpaired) electrons. The van der Waals surface area contributed by atoms with Crippen molar-refractivity contribution in [3.8, 4) is 0 Å². The average Bonchev–Trinajstić information content (AvgIpc) is 2.86. The summed E-state index contributed by atoms with van der Waals surface area (Å²) in [6.45, 7) is 1.94. The Kier molecular flexibility index (Phi) is 4.73. The molecule has 0 spiro atoms. The van der Waals surface area contributed by atoms with Crippen LogP contribution >= 0.6 is 46.3 Å². The molecule has 1 heterocycles. The first kappa shape index (κ1) is 14.7. The Balaban J connectivity index is 2.09. The van der Waals surface area contributed by atoms with Crippen LogP contribution in [-0.2, 0) is 3.79 Å². The largest absolute Gasteiger partial charge is 0.251 e. The van der Waals surface area contributed by atoms with Gasteiger partial charge in [-0.05, 0) is 12.5 Å². The molecule has 4 nitrogen and oxygen atoms in total. The lowest BCUT2D eigenvalue weighted by Crippen LogP contribution is -2.01. The summed E-state index contributed by atoms with van der Waals surface area (Å²) in [4.78, 5) is 4.00. The van der Waals surface area contributed by atoms with Gasteiger partial charge >= 0.3 is 0 Å². The summed E-state index contributed by atoms with van der Waals surface area (Å²) < 4.78 is 2.29. The van der Waals surface area contributed by atoms with Crippen LogP contribution in [0.25, 0.3) is 0 Å². The van der Waals surface area contributed by atoms with Gasteiger partial charge in [0.15, 0.2) is 5.82 Å². The predicted octanol–water partition coefficient (Wildman–Crippen LogP) is 5.21. The van der Waals surface area contributed by atoms with Gasteiger partial charge in [0.2, 0.25) is 5.13 Å². The molecule has 19 heavy (non-hydrogen) atoms. The molecule has 0 saturated carbocycles. The lowest BCUT2D eigenvalue weighted by atomic mass is 10.1. The Morgan fingerprint density at radius 1 is 1.21 bits per heavy atom. The molecule has 2 aromatic rings. The second-order valence-electron chi connectivity index (χ2n) is 3.70. The molecule has 1 aromatic heterocycles. The minimum atomic E-state index is -1.63. The smallest absolute Gasteiger partial charge is 0.196 e. The highest BCUT2D eigenvalue weighted by molar-refractivity contribution is 7.09. The van der Waals surface area contributed by atoms with E-state index in [1.807, 2.05) is 37.3 Å². The molecule has 1 atom stereocenters. The third kappa shape index (κ3) is 4.11. The van der Waals surface area contributed by atoms with Gasteiger partial charge in [-0.1, -0.05) is 65.1 Å². The average molecular weight is 336 g/mol. The van der Waals surface area contributed by atoms with E-state index in [1.165, 1.54) is 0 Å². The number of aromatic nitrogens is 2. The van der Waals surface area contributed by atoms with Crippen LogP contribution in [0.1, 0.15) is 24.4 Å². The summed E-state index contributed by atoms with van der Waals surface area (Å²) in [7, 11) is 0. The van der Waals surface area contributed by atoms with Crippen molar-refractivity contribution in [1.82, 2.24) is 9.36 Å². The lowest BCUT2D eigenvalue weighted by molar-refractivity contribution is 0.762. The van der Waals surface area contributed by atoms with Crippen LogP contribution in [0.2, 0.25) is 0 Å². The Morgan fingerprint density at radius 3 is 2.47 bits per heavy atom. The highest BCUT2D eigenvalue weighted by Gasteiger charge is 2.28. The zero-order valence-corrected chi connectivity index (χ0v) is 12.9. The number of halogens is 3. The van der Waals surface area contributed by atoms with Gasteiger partial charge in [-0.2, -0.15) is 14.5 Å². The summed E-state index contributed by atoms with van der Waals surface area (Å²) in [5.41, 5.74) is 1.07. The Bertz CT molecular complexity index is 565. The number of rotatable bonds is 3. The van der Waals surface area contributed by atoms with Gasteiger partial charge in [0.05, 0.1) is 6.04 Å². The summed E-state index contributed by atoms with van der Waals surface area (Å²) in [5.74, 6) is 0.115. The van der Waals surface area contributed by atoms with E-state index in [-0.39, 0.29) is 11.9 Å². The third-order valence-corrected chi connectivity index (χ3v) is 3.37. The van der Waals surface area contributed by atoms with Crippen molar-refractivity contribution in [2.75, 3.05) is 0 Å². The number of hydrogen-bond acceptors (Lipinski definition) is 5. The molecule has 0 bridgehead atoms. The zero-order valence-electron chi connectivity index (χ0n) is 9.80. The van der Waals surface area contributed by atoms with Crippen molar-refractivity contribution in [2.45, 2.75) is 16.8 Å². The highest BCUT2D eigenvalue weighted by atomic mass is 35.6. The highest BCUT2D eigenvalue weighted by Crippen LogP contribution is 2.38. The van der Waals surface area contributed by atoms with Crippen molar-refractivity contribution < 1.29 is 0 Å². The molecule has 8 heteroatoms. The molecule has 0 N–H and O–H groups in total. The second-order valence-corrected chi connectivity index (χ2v) is 6.71. The first-order chi connectivity index (χ1) is 8.97. The monoisotopic (exact) mass is 334 g/mol. The SMILES string of the molecule is CC(N=Nc1nc(C(Cl)(Cl)Cl)ns1)c1ccccc1. The van der Waals surface area contributed by atoms with Crippen LogP contribution in [0.15, 0.2) is 40.6 Å². The minimum absolute atomic E-state index is 0.0682. The van der Waals surface area contributed by atoms with E-state index >= 15 is 0 Å². The molecule has 0 fully saturated rings. The fourth-order valence-electron chi connectivity index (χ4n) is 1.31.